The molecule has 0 radical (unpaired) electrons. The maximum atomic E-state index is 10.1. The summed E-state index contributed by atoms with van der Waals surface area (Å²) in [5, 5.41) is 10.1. The molecular weight excluding hydrogens is 274 g/mol. The Morgan fingerprint density at radius 2 is 1.32 bits per heavy atom. The minimum absolute atomic E-state index is 0.142. The Kier molecular flexibility index (Phi) is 13.1. The topological polar surface area (TPSA) is 32.7 Å². The smallest absolute Gasteiger partial charge is 0.0667 e. The van der Waals surface area contributed by atoms with E-state index in [-0.39, 0.29) is 6.10 Å². The molecule has 1 unspecified atom stereocenters. The lowest BCUT2D eigenvalue weighted by Gasteiger charge is -2.28. The molecular formula is C19H39NO2. The third kappa shape index (κ3) is 11.4. The van der Waals surface area contributed by atoms with Crippen LogP contribution in [-0.2, 0) is 4.74 Å². The van der Waals surface area contributed by atoms with Crippen molar-refractivity contribution < 1.29 is 9.84 Å². The predicted octanol–water partition coefficient (Wildman–Crippen LogP) is 4.38. The van der Waals surface area contributed by atoms with E-state index in [1.807, 2.05) is 0 Å². The number of ether oxygens (including phenoxy) is 1. The molecule has 1 rings (SSSR count). The van der Waals surface area contributed by atoms with Gasteiger partial charge in [-0.2, -0.15) is 0 Å². The first-order chi connectivity index (χ1) is 10.8. The highest BCUT2D eigenvalue weighted by Gasteiger charge is 2.14. The van der Waals surface area contributed by atoms with Crippen LogP contribution in [0.1, 0.15) is 84.0 Å². The van der Waals surface area contributed by atoms with Crippen LogP contribution in [0.25, 0.3) is 0 Å². The van der Waals surface area contributed by atoms with Crippen LogP contribution < -0.4 is 0 Å². The molecule has 0 aliphatic carbocycles. The quantitative estimate of drug-likeness (QED) is 0.483. The Hall–Kier alpha value is -0.120. The minimum atomic E-state index is -0.142. The van der Waals surface area contributed by atoms with E-state index in [4.69, 9.17) is 4.74 Å². The molecule has 1 aliphatic heterocycles. The summed E-state index contributed by atoms with van der Waals surface area (Å²) in [6.07, 6.45) is 15.9. The standard InChI is InChI=1S/C19H39NO2/c1-2-3-4-5-6-7-8-9-10-11-12-13-19(21)18-20-14-16-22-17-15-20/h19,21H,2-18H2,1H3. The fourth-order valence-electron chi connectivity index (χ4n) is 3.22. The van der Waals surface area contributed by atoms with Gasteiger partial charge in [-0.25, -0.2) is 0 Å². The zero-order valence-corrected chi connectivity index (χ0v) is 14.9. The second kappa shape index (κ2) is 14.5. The zero-order chi connectivity index (χ0) is 15.9. The third-order valence-electron chi connectivity index (χ3n) is 4.71. The largest absolute Gasteiger partial charge is 0.392 e. The molecule has 3 heteroatoms. The summed E-state index contributed by atoms with van der Waals surface area (Å²) in [6, 6.07) is 0. The van der Waals surface area contributed by atoms with E-state index in [1.54, 1.807) is 0 Å². The molecule has 3 nitrogen and oxygen atoms in total. The average Bonchev–Trinajstić information content (AvgIpc) is 2.53. The van der Waals surface area contributed by atoms with Gasteiger partial charge in [-0.15, -0.1) is 0 Å². The number of hydrogen-bond donors (Lipinski definition) is 1. The summed E-state index contributed by atoms with van der Waals surface area (Å²) in [5.41, 5.74) is 0. The number of hydrogen-bond acceptors (Lipinski definition) is 3. The van der Waals surface area contributed by atoms with Gasteiger partial charge in [0.25, 0.3) is 0 Å². The van der Waals surface area contributed by atoms with Crippen molar-refractivity contribution in [1.29, 1.82) is 0 Å². The molecule has 22 heavy (non-hydrogen) atoms. The number of morpholine rings is 1. The molecule has 0 spiro atoms. The van der Waals surface area contributed by atoms with Crippen molar-refractivity contribution in [2.75, 3.05) is 32.8 Å². The van der Waals surface area contributed by atoms with Gasteiger partial charge in [0.1, 0.15) is 0 Å². The highest BCUT2D eigenvalue weighted by molar-refractivity contribution is 4.67. The van der Waals surface area contributed by atoms with Crippen molar-refractivity contribution in [3.63, 3.8) is 0 Å². The Bertz CT molecular complexity index is 229. The van der Waals surface area contributed by atoms with Gasteiger partial charge in [0, 0.05) is 19.6 Å². The highest BCUT2D eigenvalue weighted by atomic mass is 16.5. The van der Waals surface area contributed by atoms with Crippen LogP contribution in [-0.4, -0.2) is 49.0 Å². The van der Waals surface area contributed by atoms with Gasteiger partial charge in [0.05, 0.1) is 19.3 Å². The van der Waals surface area contributed by atoms with Gasteiger partial charge in [-0.1, -0.05) is 77.6 Å². The van der Waals surface area contributed by atoms with Crippen molar-refractivity contribution in [3.05, 3.63) is 0 Å². The van der Waals surface area contributed by atoms with E-state index in [1.165, 1.54) is 70.6 Å². The molecule has 1 fully saturated rings. The van der Waals surface area contributed by atoms with Gasteiger partial charge in [0.2, 0.25) is 0 Å². The highest BCUT2D eigenvalue weighted by Crippen LogP contribution is 2.13. The fraction of sp³-hybridized carbons (Fsp3) is 1.00. The monoisotopic (exact) mass is 313 g/mol. The second-order valence-corrected chi connectivity index (χ2v) is 6.89. The molecule has 0 bridgehead atoms. The summed E-state index contributed by atoms with van der Waals surface area (Å²) in [6.45, 7) is 6.72. The van der Waals surface area contributed by atoms with Crippen LogP contribution in [0.3, 0.4) is 0 Å². The number of aliphatic hydroxyl groups excluding tert-OH is 1. The molecule has 1 aliphatic rings. The molecule has 0 saturated carbocycles. The van der Waals surface area contributed by atoms with Gasteiger partial charge in [-0.3, -0.25) is 4.90 Å². The van der Waals surface area contributed by atoms with Crippen molar-refractivity contribution in [2.24, 2.45) is 0 Å². The average molecular weight is 314 g/mol. The van der Waals surface area contributed by atoms with Gasteiger partial charge < -0.3 is 9.84 Å². The van der Waals surface area contributed by atoms with E-state index < -0.39 is 0 Å². The van der Waals surface area contributed by atoms with Gasteiger partial charge in [0.15, 0.2) is 0 Å². The normalized spacial score (nSPS) is 17.7. The summed E-state index contributed by atoms with van der Waals surface area (Å²) in [5.74, 6) is 0. The van der Waals surface area contributed by atoms with Crippen LogP contribution in [0.15, 0.2) is 0 Å². The minimum Gasteiger partial charge on any atom is -0.392 e. The Balaban J connectivity index is 1.78. The van der Waals surface area contributed by atoms with Crippen molar-refractivity contribution in [3.8, 4) is 0 Å². The third-order valence-corrected chi connectivity index (χ3v) is 4.71. The lowest BCUT2D eigenvalue weighted by Crippen LogP contribution is -2.40. The summed E-state index contributed by atoms with van der Waals surface area (Å²) < 4.78 is 5.33. The maximum Gasteiger partial charge on any atom is 0.0667 e. The van der Waals surface area contributed by atoms with Crippen molar-refractivity contribution in [2.45, 2.75) is 90.1 Å². The first-order valence-electron chi connectivity index (χ1n) is 9.81. The lowest BCUT2D eigenvalue weighted by molar-refractivity contribution is 0.0127. The Morgan fingerprint density at radius 1 is 0.818 bits per heavy atom. The van der Waals surface area contributed by atoms with Gasteiger partial charge in [-0.05, 0) is 6.42 Å². The van der Waals surface area contributed by atoms with Crippen LogP contribution >= 0.6 is 0 Å². The lowest BCUT2D eigenvalue weighted by atomic mass is 10.0. The molecule has 0 amide bonds. The molecule has 1 atom stereocenters. The second-order valence-electron chi connectivity index (χ2n) is 6.89. The zero-order valence-electron chi connectivity index (χ0n) is 14.9. The van der Waals surface area contributed by atoms with Gasteiger partial charge >= 0.3 is 0 Å². The molecule has 132 valence electrons. The molecule has 0 aromatic carbocycles. The Labute approximate surface area is 138 Å². The van der Waals surface area contributed by atoms with E-state index in [9.17, 15) is 5.11 Å². The van der Waals surface area contributed by atoms with E-state index in [0.717, 1.165) is 39.3 Å². The van der Waals surface area contributed by atoms with E-state index in [2.05, 4.69) is 11.8 Å². The van der Waals surface area contributed by atoms with Crippen LogP contribution in [0, 0.1) is 0 Å². The first kappa shape index (κ1) is 19.9. The number of rotatable bonds is 14. The molecule has 1 saturated heterocycles. The summed E-state index contributed by atoms with van der Waals surface area (Å²) >= 11 is 0. The number of aliphatic hydroxyl groups is 1. The van der Waals surface area contributed by atoms with Crippen LogP contribution in [0.4, 0.5) is 0 Å². The maximum absolute atomic E-state index is 10.1. The van der Waals surface area contributed by atoms with Crippen LogP contribution in [0.2, 0.25) is 0 Å². The number of β-amino-alcohol motifs (C(OH)–C–C–N with tert-alkyl or cyclic N) is 1. The number of nitrogens with zero attached hydrogens (tertiary/aromatic N) is 1. The predicted molar refractivity (Wildman–Crippen MR) is 94.3 cm³/mol. The van der Waals surface area contributed by atoms with Crippen LogP contribution in [0.5, 0.6) is 0 Å². The summed E-state index contributed by atoms with van der Waals surface area (Å²) in [4.78, 5) is 2.33. The van der Waals surface area contributed by atoms with Crippen molar-refractivity contribution in [1.82, 2.24) is 4.90 Å². The molecule has 1 N–H and O–H groups in total. The fourth-order valence-corrected chi connectivity index (χ4v) is 3.22. The summed E-state index contributed by atoms with van der Waals surface area (Å²) in [7, 11) is 0. The molecule has 0 aromatic rings. The van der Waals surface area contributed by atoms with Crippen molar-refractivity contribution >= 4 is 0 Å². The molecule has 1 heterocycles. The van der Waals surface area contributed by atoms with E-state index >= 15 is 0 Å². The molecule has 0 aromatic heterocycles. The van der Waals surface area contributed by atoms with E-state index in [0.29, 0.717) is 0 Å². The number of unbranched alkanes of at least 4 members (excludes halogenated alkanes) is 10. The Morgan fingerprint density at radius 3 is 1.86 bits per heavy atom. The SMILES string of the molecule is CCCCCCCCCCCCCC(O)CN1CCOCC1. The first-order valence-corrected chi connectivity index (χ1v) is 9.81.